The van der Waals surface area contributed by atoms with Crippen molar-refractivity contribution in [2.45, 2.75) is 6.10 Å². The van der Waals surface area contributed by atoms with Gasteiger partial charge in [0, 0.05) is 17.6 Å². The first-order valence-electron chi connectivity index (χ1n) is 5.67. The molecule has 0 radical (unpaired) electrons. The summed E-state index contributed by atoms with van der Waals surface area (Å²) >= 11 is 11.5. The van der Waals surface area contributed by atoms with Crippen molar-refractivity contribution >= 4 is 23.2 Å². The molecule has 0 aliphatic rings. The highest BCUT2D eigenvalue weighted by molar-refractivity contribution is 6.31. The second-order valence-corrected chi connectivity index (χ2v) is 4.82. The summed E-state index contributed by atoms with van der Waals surface area (Å²) in [7, 11) is 0. The van der Waals surface area contributed by atoms with E-state index in [1.54, 1.807) is 18.2 Å². The summed E-state index contributed by atoms with van der Waals surface area (Å²) in [6.07, 6.45) is -0.390. The Bertz CT molecular complexity index is 577. The molecule has 19 heavy (non-hydrogen) atoms. The zero-order chi connectivity index (χ0) is 13.8. The van der Waals surface area contributed by atoms with Crippen LogP contribution in [0.25, 0.3) is 0 Å². The molecule has 2 aromatic rings. The quantitative estimate of drug-likeness (QED) is 0.918. The second-order valence-electron chi connectivity index (χ2n) is 3.97. The Morgan fingerprint density at radius 2 is 1.95 bits per heavy atom. The van der Waals surface area contributed by atoms with Gasteiger partial charge < -0.3 is 10.5 Å². The van der Waals surface area contributed by atoms with E-state index in [0.717, 1.165) is 5.56 Å². The second kappa shape index (κ2) is 6.24. The summed E-state index contributed by atoms with van der Waals surface area (Å²) in [6.45, 7) is 0.255. The minimum atomic E-state index is -0.527. The molecule has 0 heterocycles. The zero-order valence-electron chi connectivity index (χ0n) is 9.95. The Hall–Kier alpha value is -1.29. The van der Waals surface area contributed by atoms with E-state index in [1.165, 1.54) is 12.1 Å². The van der Waals surface area contributed by atoms with Gasteiger partial charge in [-0.25, -0.2) is 4.39 Å². The molecule has 100 valence electrons. The maximum Gasteiger partial charge on any atom is 0.145 e. The van der Waals surface area contributed by atoms with Gasteiger partial charge in [0.25, 0.3) is 0 Å². The molecular formula is C14H12Cl2FNO. The molecule has 0 spiro atoms. The molecule has 0 saturated heterocycles. The van der Waals surface area contributed by atoms with Crippen molar-refractivity contribution in [3.63, 3.8) is 0 Å². The van der Waals surface area contributed by atoms with Crippen molar-refractivity contribution in [3.05, 3.63) is 63.9 Å². The zero-order valence-corrected chi connectivity index (χ0v) is 11.5. The van der Waals surface area contributed by atoms with E-state index in [-0.39, 0.29) is 17.7 Å². The first-order chi connectivity index (χ1) is 9.10. The molecule has 0 bridgehead atoms. The van der Waals surface area contributed by atoms with Gasteiger partial charge in [0.15, 0.2) is 0 Å². The van der Waals surface area contributed by atoms with E-state index in [9.17, 15) is 4.39 Å². The van der Waals surface area contributed by atoms with Gasteiger partial charge >= 0.3 is 0 Å². The third-order valence-corrected chi connectivity index (χ3v) is 3.15. The van der Waals surface area contributed by atoms with Crippen LogP contribution in [0.3, 0.4) is 0 Å². The fourth-order valence-electron chi connectivity index (χ4n) is 1.67. The molecule has 1 atom stereocenters. The standard InChI is InChI=1S/C14H12Cl2FNO/c15-10-3-1-2-9(6-10)14(8-18)19-11-4-5-12(16)13(17)7-11/h1-7,14H,8,18H2. The summed E-state index contributed by atoms with van der Waals surface area (Å²) in [4.78, 5) is 0. The molecule has 0 aliphatic heterocycles. The number of hydrogen-bond donors (Lipinski definition) is 1. The van der Waals surface area contributed by atoms with Crippen LogP contribution in [0, 0.1) is 5.82 Å². The van der Waals surface area contributed by atoms with Crippen LogP contribution in [0.15, 0.2) is 42.5 Å². The Kier molecular flexibility index (Phi) is 4.64. The topological polar surface area (TPSA) is 35.2 Å². The molecule has 2 rings (SSSR count). The normalized spacial score (nSPS) is 12.2. The molecule has 1 unspecified atom stereocenters. The SMILES string of the molecule is NCC(Oc1ccc(Cl)c(F)c1)c1cccc(Cl)c1. The van der Waals surface area contributed by atoms with Crippen LogP contribution in [0.2, 0.25) is 10.0 Å². The lowest BCUT2D eigenvalue weighted by atomic mass is 10.1. The van der Waals surface area contributed by atoms with Gasteiger partial charge in [0.1, 0.15) is 17.7 Å². The summed E-state index contributed by atoms with van der Waals surface area (Å²) in [6, 6.07) is 11.5. The fraction of sp³-hybridized carbons (Fsp3) is 0.143. The molecular weight excluding hydrogens is 288 g/mol. The van der Waals surface area contributed by atoms with Gasteiger partial charge in [-0.3, -0.25) is 0 Å². The van der Waals surface area contributed by atoms with E-state index in [4.69, 9.17) is 33.7 Å². The maximum absolute atomic E-state index is 13.3. The molecule has 2 N–H and O–H groups in total. The van der Waals surface area contributed by atoms with E-state index in [1.807, 2.05) is 12.1 Å². The number of halogens is 3. The monoisotopic (exact) mass is 299 g/mol. The third kappa shape index (κ3) is 3.60. The first kappa shape index (κ1) is 14.1. The van der Waals surface area contributed by atoms with Crippen LogP contribution in [0.4, 0.5) is 4.39 Å². The van der Waals surface area contributed by atoms with Crippen LogP contribution in [-0.2, 0) is 0 Å². The summed E-state index contributed by atoms with van der Waals surface area (Å²) in [5, 5.41) is 0.654. The number of rotatable bonds is 4. The Balaban J connectivity index is 2.21. The van der Waals surface area contributed by atoms with Gasteiger partial charge in [-0.2, -0.15) is 0 Å². The average Bonchev–Trinajstić information content (AvgIpc) is 2.40. The van der Waals surface area contributed by atoms with E-state index >= 15 is 0 Å². The van der Waals surface area contributed by atoms with Crippen molar-refractivity contribution in [3.8, 4) is 5.75 Å². The summed E-state index contributed by atoms with van der Waals surface area (Å²) in [5.41, 5.74) is 6.52. The van der Waals surface area contributed by atoms with E-state index in [0.29, 0.717) is 10.8 Å². The lowest BCUT2D eigenvalue weighted by Gasteiger charge is -2.18. The number of benzene rings is 2. The van der Waals surface area contributed by atoms with Crippen LogP contribution in [-0.4, -0.2) is 6.54 Å². The number of ether oxygens (including phenoxy) is 1. The highest BCUT2D eigenvalue weighted by atomic mass is 35.5. The number of hydrogen-bond acceptors (Lipinski definition) is 2. The van der Waals surface area contributed by atoms with Gasteiger partial charge in [0.2, 0.25) is 0 Å². The molecule has 0 aromatic heterocycles. The molecule has 0 amide bonds. The highest BCUT2D eigenvalue weighted by Crippen LogP contribution is 2.26. The lowest BCUT2D eigenvalue weighted by molar-refractivity contribution is 0.213. The minimum absolute atomic E-state index is 0.0550. The van der Waals surface area contributed by atoms with Crippen LogP contribution in [0.1, 0.15) is 11.7 Å². The van der Waals surface area contributed by atoms with E-state index < -0.39 is 5.82 Å². The molecule has 5 heteroatoms. The fourth-order valence-corrected chi connectivity index (χ4v) is 1.99. The van der Waals surface area contributed by atoms with Crippen molar-refractivity contribution in [1.29, 1.82) is 0 Å². The van der Waals surface area contributed by atoms with E-state index in [2.05, 4.69) is 0 Å². The lowest BCUT2D eigenvalue weighted by Crippen LogP contribution is -2.18. The first-order valence-corrected chi connectivity index (χ1v) is 6.43. The highest BCUT2D eigenvalue weighted by Gasteiger charge is 2.13. The largest absolute Gasteiger partial charge is 0.484 e. The average molecular weight is 300 g/mol. The molecule has 2 aromatic carbocycles. The van der Waals surface area contributed by atoms with Crippen LogP contribution in [0.5, 0.6) is 5.75 Å². The van der Waals surface area contributed by atoms with Crippen molar-refractivity contribution in [2.75, 3.05) is 6.54 Å². The Morgan fingerprint density at radius 3 is 2.58 bits per heavy atom. The predicted octanol–water partition coefficient (Wildman–Crippen LogP) is 4.21. The molecule has 0 fully saturated rings. The molecule has 0 saturated carbocycles. The van der Waals surface area contributed by atoms with Gasteiger partial charge in [-0.05, 0) is 29.8 Å². The summed E-state index contributed by atoms with van der Waals surface area (Å²) < 4.78 is 19.0. The molecule has 2 nitrogen and oxygen atoms in total. The van der Waals surface area contributed by atoms with Gasteiger partial charge in [-0.15, -0.1) is 0 Å². The van der Waals surface area contributed by atoms with Gasteiger partial charge in [0.05, 0.1) is 5.02 Å². The van der Waals surface area contributed by atoms with Crippen molar-refractivity contribution < 1.29 is 9.13 Å². The predicted molar refractivity (Wildman–Crippen MR) is 75.3 cm³/mol. The summed E-state index contributed by atoms with van der Waals surface area (Å²) in [5.74, 6) is -0.154. The Morgan fingerprint density at radius 1 is 1.16 bits per heavy atom. The maximum atomic E-state index is 13.3. The molecule has 0 aliphatic carbocycles. The third-order valence-electron chi connectivity index (χ3n) is 2.60. The van der Waals surface area contributed by atoms with Crippen molar-refractivity contribution in [2.24, 2.45) is 5.73 Å². The smallest absolute Gasteiger partial charge is 0.145 e. The van der Waals surface area contributed by atoms with Crippen LogP contribution >= 0.6 is 23.2 Å². The number of nitrogens with two attached hydrogens (primary N) is 1. The Labute approximate surface area is 120 Å². The van der Waals surface area contributed by atoms with Crippen LogP contribution < -0.4 is 10.5 Å². The van der Waals surface area contributed by atoms with Gasteiger partial charge in [-0.1, -0.05) is 35.3 Å². The van der Waals surface area contributed by atoms with Crippen molar-refractivity contribution in [1.82, 2.24) is 0 Å². The minimum Gasteiger partial charge on any atom is -0.484 e.